The number of aromatic nitrogens is 1. The van der Waals surface area contributed by atoms with Crippen LogP contribution in [-0.2, 0) is 16.1 Å². The molecule has 0 spiro atoms. The highest BCUT2D eigenvalue weighted by Gasteiger charge is 2.42. The summed E-state index contributed by atoms with van der Waals surface area (Å²) < 4.78 is 81.1. The fraction of sp³-hybridized carbons (Fsp3) is 0.480. The van der Waals surface area contributed by atoms with Gasteiger partial charge in [0.2, 0.25) is 5.88 Å². The van der Waals surface area contributed by atoms with Gasteiger partial charge in [-0.25, -0.2) is 22.9 Å². The molecular weight excluding hydrogens is 574 g/mol. The van der Waals surface area contributed by atoms with Gasteiger partial charge in [0.05, 0.1) is 10.6 Å². The number of likely N-dealkylation sites (tertiary alicyclic amines) is 1. The van der Waals surface area contributed by atoms with Crippen LogP contribution in [0.25, 0.3) is 0 Å². The van der Waals surface area contributed by atoms with E-state index in [-0.39, 0.29) is 34.5 Å². The van der Waals surface area contributed by atoms with Crippen LogP contribution < -0.4 is 9.47 Å². The Morgan fingerprint density at radius 3 is 2.44 bits per heavy atom. The second-order valence-corrected chi connectivity index (χ2v) is 10.5. The molecule has 1 saturated heterocycles. The van der Waals surface area contributed by atoms with Crippen LogP contribution in [0.1, 0.15) is 49.5 Å². The van der Waals surface area contributed by atoms with Crippen LogP contribution in [0, 0.1) is 5.82 Å². The van der Waals surface area contributed by atoms with Gasteiger partial charge in [0, 0.05) is 24.4 Å². The lowest BCUT2D eigenvalue weighted by Crippen LogP contribution is -2.43. The number of carbonyl (C=O) groups excluding carboxylic acids is 2. The number of halogens is 7. The number of esters is 1. The maximum atomic E-state index is 14.9. The minimum Gasteiger partial charge on any atom is -0.487 e. The number of carbonyl (C=O) groups is 2. The Hall–Kier alpha value is -2.86. The molecule has 1 fully saturated rings. The zero-order valence-electron chi connectivity index (χ0n) is 21.1. The number of hydrogen-bond acceptors (Lipinski definition) is 6. The van der Waals surface area contributed by atoms with Gasteiger partial charge in [0.1, 0.15) is 34.8 Å². The summed E-state index contributed by atoms with van der Waals surface area (Å²) in [6.07, 6.45) is -1.86. The lowest BCUT2D eigenvalue weighted by atomic mass is 10.1. The van der Waals surface area contributed by atoms with E-state index in [1.807, 2.05) is 0 Å². The molecule has 1 aliphatic heterocycles. The maximum absolute atomic E-state index is 14.9. The smallest absolute Gasteiger partial charge is 0.340 e. The molecule has 214 valence electrons. The summed E-state index contributed by atoms with van der Waals surface area (Å²) in [6.45, 7) is 3.48. The van der Waals surface area contributed by atoms with Crippen molar-refractivity contribution in [3.8, 4) is 11.6 Å². The lowest BCUT2D eigenvalue weighted by Gasteiger charge is -2.27. The van der Waals surface area contributed by atoms with Crippen LogP contribution in [0.3, 0.4) is 0 Å². The minimum atomic E-state index is -4.38. The summed E-state index contributed by atoms with van der Waals surface area (Å²) in [6, 6.07) is 2.38. The fourth-order valence-corrected chi connectivity index (χ4v) is 4.08. The van der Waals surface area contributed by atoms with Crippen molar-refractivity contribution in [2.45, 2.75) is 64.2 Å². The normalized spacial score (nSPS) is 16.0. The molecule has 0 bridgehead atoms. The van der Waals surface area contributed by atoms with Crippen LogP contribution in [0.5, 0.6) is 11.6 Å². The Morgan fingerprint density at radius 1 is 1.13 bits per heavy atom. The molecule has 3 rings (SSSR count). The van der Waals surface area contributed by atoms with E-state index in [1.165, 1.54) is 11.0 Å². The standard InChI is InChI=1S/C25H25Cl2F5N2O5/c1-24(2,3)39-22(36)18-5-4-6-34(18)21(35)14-8-15(26)19(9-17(14)28)37-11-13-7-16(27)20(33-10-13)38-12-25(31,32)23(29)30/h7-10,18,23H,4-6,11-12H2,1-3H3/t18-/m0/s1. The second-order valence-electron chi connectivity index (χ2n) is 9.72. The van der Waals surface area contributed by atoms with Crippen molar-refractivity contribution in [3.63, 3.8) is 0 Å². The van der Waals surface area contributed by atoms with Gasteiger partial charge in [-0.2, -0.15) is 8.78 Å². The van der Waals surface area contributed by atoms with Crippen molar-refractivity contribution in [2.75, 3.05) is 13.2 Å². The SMILES string of the molecule is CC(C)(C)OC(=O)[C@@H]1CCCN1C(=O)c1cc(Cl)c(OCc2cnc(OCC(F)(F)C(F)F)c(Cl)c2)cc1F. The van der Waals surface area contributed by atoms with Crippen molar-refractivity contribution in [1.82, 2.24) is 9.88 Å². The van der Waals surface area contributed by atoms with Gasteiger partial charge >= 0.3 is 18.3 Å². The average molecular weight is 599 g/mol. The minimum absolute atomic E-state index is 0.0963. The van der Waals surface area contributed by atoms with Gasteiger partial charge in [0.25, 0.3) is 5.91 Å². The fourth-order valence-electron chi connectivity index (χ4n) is 3.62. The quantitative estimate of drug-likeness (QED) is 0.248. The molecule has 2 heterocycles. The summed E-state index contributed by atoms with van der Waals surface area (Å²) in [7, 11) is 0. The highest BCUT2D eigenvalue weighted by molar-refractivity contribution is 6.32. The molecule has 7 nitrogen and oxygen atoms in total. The number of pyridine rings is 1. The molecule has 1 atom stereocenters. The molecule has 1 amide bonds. The first kappa shape index (κ1) is 30.7. The summed E-state index contributed by atoms with van der Waals surface area (Å²) in [4.78, 5) is 30.6. The van der Waals surface area contributed by atoms with E-state index in [9.17, 15) is 31.5 Å². The van der Waals surface area contributed by atoms with Crippen LogP contribution in [0.15, 0.2) is 24.4 Å². The van der Waals surface area contributed by atoms with Crippen molar-refractivity contribution >= 4 is 35.1 Å². The molecular formula is C25H25Cl2F5N2O5. The Kier molecular flexibility index (Phi) is 9.53. The first-order valence-electron chi connectivity index (χ1n) is 11.7. The number of benzene rings is 1. The molecule has 0 aliphatic carbocycles. The van der Waals surface area contributed by atoms with Gasteiger partial charge in [-0.05, 0) is 45.7 Å². The zero-order valence-corrected chi connectivity index (χ0v) is 22.6. The average Bonchev–Trinajstić information content (AvgIpc) is 3.32. The van der Waals surface area contributed by atoms with E-state index in [0.717, 1.165) is 18.3 Å². The topological polar surface area (TPSA) is 78.0 Å². The van der Waals surface area contributed by atoms with E-state index < -0.39 is 54.2 Å². The van der Waals surface area contributed by atoms with Gasteiger partial charge < -0.3 is 19.1 Å². The highest BCUT2D eigenvalue weighted by atomic mass is 35.5. The third kappa shape index (κ3) is 7.84. The summed E-state index contributed by atoms with van der Waals surface area (Å²) in [5, 5.41) is -0.342. The van der Waals surface area contributed by atoms with E-state index in [1.54, 1.807) is 20.8 Å². The van der Waals surface area contributed by atoms with Crippen LogP contribution in [-0.4, -0.2) is 58.9 Å². The number of ether oxygens (including phenoxy) is 3. The predicted molar refractivity (Wildman–Crippen MR) is 131 cm³/mol. The summed E-state index contributed by atoms with van der Waals surface area (Å²) >= 11 is 12.1. The predicted octanol–water partition coefficient (Wildman–Crippen LogP) is 6.33. The van der Waals surface area contributed by atoms with Crippen molar-refractivity contribution in [3.05, 3.63) is 51.4 Å². The number of amides is 1. The number of alkyl halides is 4. The maximum Gasteiger partial charge on any atom is 0.340 e. The number of rotatable bonds is 9. The third-order valence-corrected chi connectivity index (χ3v) is 5.99. The third-order valence-electron chi connectivity index (χ3n) is 5.42. The molecule has 2 aromatic rings. The van der Waals surface area contributed by atoms with Crippen LogP contribution in [0.4, 0.5) is 22.0 Å². The molecule has 1 aromatic carbocycles. The molecule has 14 heteroatoms. The molecule has 0 radical (unpaired) electrons. The van der Waals surface area contributed by atoms with E-state index in [0.29, 0.717) is 18.4 Å². The Labute approximate surface area is 231 Å². The van der Waals surface area contributed by atoms with Gasteiger partial charge in [-0.1, -0.05) is 23.2 Å². The Balaban J connectivity index is 1.67. The first-order valence-corrected chi connectivity index (χ1v) is 12.4. The monoisotopic (exact) mass is 598 g/mol. The van der Waals surface area contributed by atoms with Gasteiger partial charge in [-0.15, -0.1) is 0 Å². The second kappa shape index (κ2) is 12.1. The largest absolute Gasteiger partial charge is 0.487 e. The van der Waals surface area contributed by atoms with Crippen molar-refractivity contribution in [2.24, 2.45) is 0 Å². The van der Waals surface area contributed by atoms with E-state index in [4.69, 9.17) is 32.7 Å². The number of nitrogens with zero attached hydrogens (tertiary/aromatic N) is 2. The first-order chi connectivity index (χ1) is 18.1. The molecule has 1 aliphatic rings. The molecule has 0 saturated carbocycles. The number of hydrogen-bond donors (Lipinski definition) is 0. The zero-order chi connectivity index (χ0) is 29.1. The molecule has 39 heavy (non-hydrogen) atoms. The molecule has 0 unspecified atom stereocenters. The van der Waals surface area contributed by atoms with E-state index >= 15 is 0 Å². The molecule has 0 N–H and O–H groups in total. The Morgan fingerprint density at radius 2 is 1.82 bits per heavy atom. The Bertz CT molecular complexity index is 1230. The summed E-state index contributed by atoms with van der Waals surface area (Å²) in [5.74, 6) is -7.23. The van der Waals surface area contributed by atoms with Crippen LogP contribution in [0.2, 0.25) is 10.0 Å². The van der Waals surface area contributed by atoms with Gasteiger partial charge in [0.15, 0.2) is 6.61 Å². The van der Waals surface area contributed by atoms with Crippen molar-refractivity contribution < 1.29 is 45.8 Å². The highest BCUT2D eigenvalue weighted by Crippen LogP contribution is 2.32. The molecule has 1 aromatic heterocycles. The van der Waals surface area contributed by atoms with Gasteiger partial charge in [-0.3, -0.25) is 4.79 Å². The van der Waals surface area contributed by atoms with E-state index in [2.05, 4.69) is 9.72 Å². The summed E-state index contributed by atoms with van der Waals surface area (Å²) in [5.41, 5.74) is -0.811. The van der Waals surface area contributed by atoms with Crippen molar-refractivity contribution in [1.29, 1.82) is 0 Å². The lowest BCUT2D eigenvalue weighted by molar-refractivity contribution is -0.159. The van der Waals surface area contributed by atoms with Crippen LogP contribution >= 0.6 is 23.2 Å².